The highest BCUT2D eigenvalue weighted by molar-refractivity contribution is 5.97. The van der Waals surface area contributed by atoms with E-state index in [1.807, 2.05) is 42.5 Å². The molecule has 3 aromatic rings. The first-order valence-electron chi connectivity index (χ1n) is 21.1. The smallest absolute Gasteiger partial charge is 0.328 e. The highest BCUT2D eigenvalue weighted by Crippen LogP contribution is 2.20. The molecular weight excluding hydrogens is 827 g/mol. The van der Waals surface area contributed by atoms with Crippen LogP contribution >= 0.6 is 0 Å². The summed E-state index contributed by atoms with van der Waals surface area (Å²) in [5, 5.41) is 34.7. The van der Waals surface area contributed by atoms with Crippen molar-refractivity contribution in [1.29, 1.82) is 0 Å². The number of rotatable bonds is 27. The number of nitrogens with two attached hydrogens (primary N) is 5. The number of nitrogens with one attached hydrogen (secondary N) is 6. The summed E-state index contributed by atoms with van der Waals surface area (Å²) in [5.41, 5.74) is 31.9. The minimum Gasteiger partial charge on any atom is -0.480 e. The van der Waals surface area contributed by atoms with Crippen molar-refractivity contribution in [3.8, 4) is 11.1 Å². The molecule has 3 aromatic carbocycles. The average molecular weight is 890 g/mol. The first-order valence-corrected chi connectivity index (χ1v) is 21.1. The summed E-state index contributed by atoms with van der Waals surface area (Å²) in [6.07, 6.45) is -1.67. The van der Waals surface area contributed by atoms with Crippen molar-refractivity contribution in [2.24, 2.45) is 28.7 Å². The fourth-order valence-electron chi connectivity index (χ4n) is 6.60. The van der Waals surface area contributed by atoms with Crippen LogP contribution in [0.15, 0.2) is 84.9 Å². The molecule has 20 nitrogen and oxygen atoms in total. The summed E-state index contributed by atoms with van der Waals surface area (Å²) in [4.78, 5) is 93.8. The van der Waals surface area contributed by atoms with E-state index < -0.39 is 89.8 Å². The molecular formula is C44H63N11O9. The Bertz CT molecular complexity index is 1970. The second-order valence-corrected chi connectivity index (χ2v) is 15.2. The first kappa shape index (κ1) is 52.1. The second kappa shape index (κ2) is 27.0. The zero-order chi connectivity index (χ0) is 47.2. The second-order valence-electron chi connectivity index (χ2n) is 15.2. The molecule has 20 heteroatoms. The van der Waals surface area contributed by atoms with Gasteiger partial charge in [-0.05, 0) is 81.0 Å². The molecule has 0 spiro atoms. The summed E-state index contributed by atoms with van der Waals surface area (Å²) >= 11 is 0. The van der Waals surface area contributed by atoms with E-state index in [4.69, 9.17) is 28.7 Å². The highest BCUT2D eigenvalue weighted by atomic mass is 16.4. The fraction of sp³-hybridized carbons (Fsp3) is 0.432. The lowest BCUT2D eigenvalue weighted by Gasteiger charge is -2.28. The normalized spacial score (nSPS) is 14.8. The van der Waals surface area contributed by atoms with Gasteiger partial charge in [0.25, 0.3) is 0 Å². The van der Waals surface area contributed by atoms with E-state index in [0.29, 0.717) is 11.1 Å². The van der Waals surface area contributed by atoms with Crippen LogP contribution in [0, 0.1) is 0 Å². The predicted molar refractivity (Wildman–Crippen MR) is 239 cm³/mol. The molecule has 8 atom stereocenters. The number of aliphatic hydroxyl groups excluding tert-OH is 1. The maximum atomic E-state index is 14.4. The van der Waals surface area contributed by atoms with E-state index in [9.17, 15) is 43.8 Å². The molecule has 0 bridgehead atoms. The van der Waals surface area contributed by atoms with Gasteiger partial charge in [-0.25, -0.2) is 4.79 Å². The van der Waals surface area contributed by atoms with Crippen LogP contribution < -0.4 is 60.6 Å². The monoisotopic (exact) mass is 889 g/mol. The van der Waals surface area contributed by atoms with Gasteiger partial charge in [0.15, 0.2) is 6.04 Å². The van der Waals surface area contributed by atoms with Gasteiger partial charge in [-0.15, -0.1) is 0 Å². The van der Waals surface area contributed by atoms with Crippen LogP contribution in [0.5, 0.6) is 0 Å². The van der Waals surface area contributed by atoms with Crippen molar-refractivity contribution < 1.29 is 43.8 Å². The zero-order valence-corrected chi connectivity index (χ0v) is 35.9. The predicted octanol–water partition coefficient (Wildman–Crippen LogP) is -2.76. The van der Waals surface area contributed by atoms with Crippen molar-refractivity contribution in [2.45, 2.75) is 93.8 Å². The van der Waals surface area contributed by atoms with Gasteiger partial charge >= 0.3 is 5.97 Å². The molecule has 0 aromatic heterocycles. The summed E-state index contributed by atoms with van der Waals surface area (Å²) < 4.78 is 0. The number of carbonyl (C=O) groups is 7. The number of carboxylic acid groups (broad SMARTS) is 1. The summed E-state index contributed by atoms with van der Waals surface area (Å²) in [6, 6.07) is 16.4. The van der Waals surface area contributed by atoms with E-state index >= 15 is 0 Å². The quantitative estimate of drug-likeness (QED) is 0.0369. The summed E-state index contributed by atoms with van der Waals surface area (Å²) in [5.74, 6) is -6.26. The fourth-order valence-corrected chi connectivity index (χ4v) is 6.60. The Kier molecular flexibility index (Phi) is 22.0. The Balaban J connectivity index is 1.97. The molecule has 0 saturated heterocycles. The van der Waals surface area contributed by atoms with E-state index in [1.165, 1.54) is 6.92 Å². The van der Waals surface area contributed by atoms with E-state index in [2.05, 4.69) is 31.9 Å². The number of aliphatic hydroxyl groups is 1. The molecule has 0 radical (unpaired) electrons. The van der Waals surface area contributed by atoms with E-state index in [-0.39, 0.29) is 64.7 Å². The van der Waals surface area contributed by atoms with E-state index in [0.717, 1.165) is 11.1 Å². The Hall–Kier alpha value is -6.29. The molecule has 0 aliphatic carbocycles. The molecule has 18 N–H and O–H groups in total. The van der Waals surface area contributed by atoms with Crippen LogP contribution in [0.25, 0.3) is 11.1 Å². The topological polar surface area (TPSA) is 362 Å². The number of hydrogen-bond acceptors (Lipinski definition) is 13. The number of amides is 6. The Morgan fingerprint density at radius 2 is 0.812 bits per heavy atom. The third-order valence-electron chi connectivity index (χ3n) is 10.2. The molecule has 0 aliphatic heterocycles. The molecule has 0 heterocycles. The van der Waals surface area contributed by atoms with Crippen molar-refractivity contribution in [1.82, 2.24) is 31.9 Å². The van der Waals surface area contributed by atoms with Crippen LogP contribution in [0.4, 0.5) is 0 Å². The lowest BCUT2D eigenvalue weighted by Crippen LogP contribution is -2.61. The van der Waals surface area contributed by atoms with Gasteiger partial charge in [0.2, 0.25) is 35.4 Å². The molecule has 0 unspecified atom stereocenters. The van der Waals surface area contributed by atoms with Gasteiger partial charge in [-0.1, -0.05) is 84.9 Å². The van der Waals surface area contributed by atoms with Crippen molar-refractivity contribution in [3.05, 3.63) is 96.1 Å². The lowest BCUT2D eigenvalue weighted by molar-refractivity contribution is -0.145. The third-order valence-corrected chi connectivity index (χ3v) is 10.2. The number of aliphatic carboxylic acids is 1. The lowest BCUT2D eigenvalue weighted by atomic mass is 9.99. The van der Waals surface area contributed by atoms with Crippen LogP contribution in [0.3, 0.4) is 0 Å². The number of benzene rings is 3. The van der Waals surface area contributed by atoms with Crippen LogP contribution in [-0.4, -0.2) is 126 Å². The Morgan fingerprint density at radius 1 is 0.469 bits per heavy atom. The number of carbonyl (C=O) groups excluding carboxylic acids is 6. The zero-order valence-electron chi connectivity index (χ0n) is 35.9. The largest absolute Gasteiger partial charge is 0.480 e. The molecule has 348 valence electrons. The van der Waals surface area contributed by atoms with E-state index in [1.54, 1.807) is 42.5 Å². The van der Waals surface area contributed by atoms with Gasteiger partial charge in [-0.3, -0.25) is 28.8 Å². The molecule has 6 amide bonds. The van der Waals surface area contributed by atoms with Gasteiger partial charge in [0.1, 0.15) is 30.2 Å². The Morgan fingerprint density at radius 3 is 1.22 bits per heavy atom. The Labute approximate surface area is 372 Å². The van der Waals surface area contributed by atoms with Crippen LogP contribution in [0.2, 0.25) is 0 Å². The van der Waals surface area contributed by atoms with Crippen molar-refractivity contribution in [3.63, 3.8) is 0 Å². The van der Waals surface area contributed by atoms with Gasteiger partial charge in [-0.2, -0.15) is 0 Å². The standard InChI is InChI=1S/C44H63N11O9/c1-26(56)37(44(63)64)55-41(60)34(19-23-48)51-39(58)33(18-22-47)52-42(61)36(25-28-12-14-30(15-13-28)29-10-6-3-7-11-29)54-43(62)35(24-27-8-4-2-5-9-27)53-40(59)32(17-21-46)50-38(57)31(49)16-20-45/h2-15,26,31-37,56H,16-25,45-49H2,1H3,(H,50,57)(H,51,58)(H,52,61)(H,53,59)(H,54,62)(H,55,60)(H,63,64)/t26-,31+,32+,33+,34+,35-,36+,37+/m1/s1. The van der Waals surface area contributed by atoms with Gasteiger partial charge in [0, 0.05) is 12.8 Å². The first-order chi connectivity index (χ1) is 30.6. The van der Waals surface area contributed by atoms with Gasteiger partial charge in [0.05, 0.1) is 12.1 Å². The molecule has 0 fully saturated rings. The average Bonchev–Trinajstić information content (AvgIpc) is 3.27. The third kappa shape index (κ3) is 16.8. The SMILES string of the molecule is C[C@@H](O)[C@H](NC(=O)[C@H](CCN)NC(=O)[C@H](CCN)NC(=O)[C@H](Cc1ccc(-c2ccccc2)cc1)NC(=O)[C@@H](Cc1ccccc1)NC(=O)[C@H](CCN)NC(=O)[C@@H](N)CCN)C(=O)O. The van der Waals surface area contributed by atoms with Crippen LogP contribution in [0.1, 0.15) is 43.7 Å². The summed E-state index contributed by atoms with van der Waals surface area (Å²) in [7, 11) is 0. The summed E-state index contributed by atoms with van der Waals surface area (Å²) in [6.45, 7) is 1.11. The molecule has 0 aliphatic rings. The molecule has 64 heavy (non-hydrogen) atoms. The molecule has 3 rings (SSSR count). The highest BCUT2D eigenvalue weighted by Gasteiger charge is 2.34. The maximum absolute atomic E-state index is 14.4. The molecule has 0 saturated carbocycles. The van der Waals surface area contributed by atoms with Crippen LogP contribution in [-0.2, 0) is 46.4 Å². The minimum absolute atomic E-state index is 0.00521. The number of carboxylic acids is 1. The minimum atomic E-state index is -1.68. The number of hydrogen-bond donors (Lipinski definition) is 13. The van der Waals surface area contributed by atoms with Crippen molar-refractivity contribution >= 4 is 41.4 Å². The maximum Gasteiger partial charge on any atom is 0.328 e. The van der Waals surface area contributed by atoms with Gasteiger partial charge < -0.3 is 70.8 Å². The van der Waals surface area contributed by atoms with Crippen molar-refractivity contribution in [2.75, 3.05) is 26.2 Å².